The van der Waals surface area contributed by atoms with Crippen LogP contribution in [-0.4, -0.2) is 0 Å². The predicted molar refractivity (Wildman–Crippen MR) is 98.7 cm³/mol. The van der Waals surface area contributed by atoms with Crippen LogP contribution in [0.1, 0.15) is 98.8 Å². The summed E-state index contributed by atoms with van der Waals surface area (Å²) in [6, 6.07) is 2.18. The first-order chi connectivity index (χ1) is 10.5. The van der Waals surface area contributed by atoms with E-state index in [1.54, 1.807) is 0 Å². The zero-order valence-corrected chi connectivity index (χ0v) is 15.8. The molecule has 0 spiro atoms. The Bertz CT molecular complexity index is 321. The lowest BCUT2D eigenvalue weighted by molar-refractivity contribution is 0.389. The molecule has 0 radical (unpaired) electrons. The number of allylic oxidation sites excluding steroid dienone is 2. The van der Waals surface area contributed by atoms with Crippen molar-refractivity contribution in [1.82, 2.24) is 0 Å². The Morgan fingerprint density at radius 2 is 1.36 bits per heavy atom. The highest BCUT2D eigenvalue weighted by Gasteiger charge is 2.06. The molecular formula is C21H39N. The van der Waals surface area contributed by atoms with Gasteiger partial charge in [-0.25, -0.2) is 0 Å². The Morgan fingerprint density at radius 3 is 1.86 bits per heavy atom. The van der Waals surface area contributed by atoms with Crippen LogP contribution in [0, 0.1) is 29.1 Å². The first-order valence-corrected chi connectivity index (χ1v) is 9.48. The second-order valence-corrected chi connectivity index (χ2v) is 7.77. The van der Waals surface area contributed by atoms with E-state index in [0.717, 1.165) is 24.2 Å². The maximum Gasteiger partial charge on any atom is 0.0663 e. The van der Waals surface area contributed by atoms with E-state index >= 15 is 0 Å². The zero-order chi connectivity index (χ0) is 16.8. The summed E-state index contributed by atoms with van der Waals surface area (Å²) in [6.45, 7) is 11.6. The lowest BCUT2D eigenvalue weighted by Gasteiger charge is -2.15. The lowest BCUT2D eigenvalue weighted by atomic mass is 9.91. The maximum absolute atomic E-state index is 8.56. The third-order valence-electron chi connectivity index (χ3n) is 4.68. The summed E-state index contributed by atoms with van der Waals surface area (Å²) in [5, 5.41) is 8.56. The van der Waals surface area contributed by atoms with Gasteiger partial charge < -0.3 is 0 Å². The van der Waals surface area contributed by atoms with Gasteiger partial charge in [0.05, 0.1) is 12.5 Å². The Labute approximate surface area is 140 Å². The van der Waals surface area contributed by atoms with Gasteiger partial charge in [-0.1, -0.05) is 84.3 Å². The lowest BCUT2D eigenvalue weighted by Crippen LogP contribution is -2.00. The van der Waals surface area contributed by atoms with E-state index < -0.39 is 0 Å². The molecule has 0 aromatic carbocycles. The van der Waals surface area contributed by atoms with Crippen molar-refractivity contribution in [2.24, 2.45) is 17.8 Å². The van der Waals surface area contributed by atoms with Gasteiger partial charge in [-0.2, -0.15) is 5.26 Å². The van der Waals surface area contributed by atoms with Gasteiger partial charge in [0.25, 0.3) is 0 Å². The first kappa shape index (κ1) is 21.2. The number of rotatable bonds is 13. The van der Waals surface area contributed by atoms with E-state index in [9.17, 15) is 0 Å². The van der Waals surface area contributed by atoms with Crippen LogP contribution in [0.3, 0.4) is 0 Å². The van der Waals surface area contributed by atoms with Crippen molar-refractivity contribution in [2.75, 3.05) is 0 Å². The van der Waals surface area contributed by atoms with Crippen molar-refractivity contribution in [3.8, 4) is 6.07 Å². The molecule has 0 aromatic rings. The molecule has 22 heavy (non-hydrogen) atoms. The van der Waals surface area contributed by atoms with Gasteiger partial charge in [-0.05, 0) is 37.5 Å². The molecular weight excluding hydrogens is 266 g/mol. The van der Waals surface area contributed by atoms with E-state index in [1.807, 2.05) is 0 Å². The number of hydrogen-bond acceptors (Lipinski definition) is 1. The molecule has 2 atom stereocenters. The summed E-state index contributed by atoms with van der Waals surface area (Å²) in [6.07, 6.45) is 14.8. The fraction of sp³-hybridized carbons (Fsp3) is 0.857. The number of nitriles is 1. The standard InChI is InChI=1S/C21H39N/c1-18(2)10-6-11-19(3)12-7-13-20(4)14-8-15-21(5)16-9-17-22/h16,18-20H,6-15H2,1-5H3/b21-16+. The average Bonchev–Trinajstić information content (AvgIpc) is 2.44. The van der Waals surface area contributed by atoms with Gasteiger partial charge in [0.2, 0.25) is 0 Å². The smallest absolute Gasteiger partial charge is 0.0663 e. The molecule has 128 valence electrons. The van der Waals surface area contributed by atoms with E-state index in [1.165, 1.54) is 56.9 Å². The third-order valence-corrected chi connectivity index (χ3v) is 4.68. The summed E-state index contributed by atoms with van der Waals surface area (Å²) in [5.41, 5.74) is 1.38. The fourth-order valence-electron chi connectivity index (χ4n) is 3.03. The third kappa shape index (κ3) is 14.2. The van der Waals surface area contributed by atoms with Crippen molar-refractivity contribution in [1.29, 1.82) is 5.26 Å². The van der Waals surface area contributed by atoms with Crippen LogP contribution >= 0.6 is 0 Å². The molecule has 0 aliphatic rings. The Hall–Kier alpha value is -0.770. The Balaban J connectivity index is 3.57. The molecule has 0 rings (SSSR count). The second kappa shape index (κ2) is 13.9. The van der Waals surface area contributed by atoms with Crippen LogP contribution in [0.2, 0.25) is 0 Å². The summed E-state index contributed by atoms with van der Waals surface area (Å²) in [5.74, 6) is 2.62. The molecule has 0 aliphatic carbocycles. The number of hydrogen-bond donors (Lipinski definition) is 0. The van der Waals surface area contributed by atoms with Gasteiger partial charge in [0.1, 0.15) is 0 Å². The van der Waals surface area contributed by atoms with Crippen molar-refractivity contribution >= 4 is 0 Å². The monoisotopic (exact) mass is 305 g/mol. The van der Waals surface area contributed by atoms with Gasteiger partial charge in [0, 0.05) is 0 Å². The fourth-order valence-corrected chi connectivity index (χ4v) is 3.03. The van der Waals surface area contributed by atoms with Crippen molar-refractivity contribution in [3.63, 3.8) is 0 Å². The highest BCUT2D eigenvalue weighted by molar-refractivity contribution is 5.01. The molecule has 2 unspecified atom stereocenters. The largest absolute Gasteiger partial charge is 0.198 e. The molecule has 1 heteroatoms. The molecule has 1 nitrogen and oxygen atoms in total. The highest BCUT2D eigenvalue weighted by atomic mass is 14.2. The van der Waals surface area contributed by atoms with Crippen molar-refractivity contribution < 1.29 is 0 Å². The first-order valence-electron chi connectivity index (χ1n) is 9.48. The summed E-state index contributed by atoms with van der Waals surface area (Å²) < 4.78 is 0. The van der Waals surface area contributed by atoms with E-state index in [4.69, 9.17) is 5.26 Å². The van der Waals surface area contributed by atoms with Gasteiger partial charge >= 0.3 is 0 Å². The Kier molecular flexibility index (Phi) is 13.4. The molecule has 0 saturated carbocycles. The van der Waals surface area contributed by atoms with E-state index in [0.29, 0.717) is 6.42 Å². The van der Waals surface area contributed by atoms with Crippen LogP contribution in [0.25, 0.3) is 0 Å². The zero-order valence-electron chi connectivity index (χ0n) is 15.8. The van der Waals surface area contributed by atoms with Gasteiger partial charge in [-0.3, -0.25) is 0 Å². The molecule has 0 heterocycles. The van der Waals surface area contributed by atoms with Crippen LogP contribution in [0.15, 0.2) is 11.6 Å². The van der Waals surface area contributed by atoms with Crippen LogP contribution in [-0.2, 0) is 0 Å². The molecule has 0 fully saturated rings. The minimum Gasteiger partial charge on any atom is -0.198 e. The Morgan fingerprint density at radius 1 is 0.864 bits per heavy atom. The van der Waals surface area contributed by atoms with Gasteiger partial charge in [0.15, 0.2) is 0 Å². The van der Waals surface area contributed by atoms with Gasteiger partial charge in [-0.15, -0.1) is 0 Å². The quantitative estimate of drug-likeness (QED) is 0.328. The summed E-state index contributed by atoms with van der Waals surface area (Å²) in [7, 11) is 0. The summed E-state index contributed by atoms with van der Waals surface area (Å²) >= 11 is 0. The normalized spacial score (nSPS) is 14.9. The molecule has 0 amide bonds. The molecule has 0 N–H and O–H groups in total. The molecule has 0 saturated heterocycles. The minimum atomic E-state index is 0.566. The predicted octanol–water partition coefficient (Wildman–Crippen LogP) is 7.29. The average molecular weight is 306 g/mol. The van der Waals surface area contributed by atoms with E-state index in [-0.39, 0.29) is 0 Å². The van der Waals surface area contributed by atoms with Crippen LogP contribution in [0.4, 0.5) is 0 Å². The highest BCUT2D eigenvalue weighted by Crippen LogP contribution is 2.22. The van der Waals surface area contributed by atoms with Crippen molar-refractivity contribution in [3.05, 3.63) is 11.6 Å². The number of nitrogens with zero attached hydrogens (tertiary/aromatic N) is 1. The molecule has 0 aromatic heterocycles. The molecule has 0 bridgehead atoms. The maximum atomic E-state index is 8.56. The van der Waals surface area contributed by atoms with Crippen LogP contribution in [0.5, 0.6) is 0 Å². The summed E-state index contributed by atoms with van der Waals surface area (Å²) in [4.78, 5) is 0. The van der Waals surface area contributed by atoms with Crippen LogP contribution < -0.4 is 0 Å². The van der Waals surface area contributed by atoms with E-state index in [2.05, 4.69) is 46.8 Å². The topological polar surface area (TPSA) is 23.8 Å². The molecule has 0 aliphatic heterocycles. The second-order valence-electron chi connectivity index (χ2n) is 7.77. The van der Waals surface area contributed by atoms with Crippen molar-refractivity contribution in [2.45, 2.75) is 98.8 Å². The SMILES string of the molecule is C/C(=C\CC#N)CCCC(C)CCCC(C)CCCC(C)C. The minimum absolute atomic E-state index is 0.566.